The van der Waals surface area contributed by atoms with Crippen molar-refractivity contribution < 1.29 is 28.3 Å². The van der Waals surface area contributed by atoms with Crippen molar-refractivity contribution in [2.24, 2.45) is 5.92 Å². The van der Waals surface area contributed by atoms with Crippen LogP contribution in [-0.2, 0) is 44.1 Å². The molecule has 8 rings (SSSR count). The van der Waals surface area contributed by atoms with Crippen LogP contribution in [0, 0.1) is 5.92 Å². The molecule has 262 valence electrons. The normalized spacial score (nSPS) is 25.6. The third-order valence-electron chi connectivity index (χ3n) is 11.5. The third kappa shape index (κ3) is 5.34. The van der Waals surface area contributed by atoms with E-state index >= 15 is 8.90 Å². The highest BCUT2D eigenvalue weighted by Gasteiger charge is 2.67. The summed E-state index contributed by atoms with van der Waals surface area (Å²) < 4.78 is 23.7. The molecule has 0 saturated carbocycles. The molecule has 4 aliphatic rings. The van der Waals surface area contributed by atoms with E-state index < -0.39 is 37.6 Å². The molecule has 8 nitrogen and oxygen atoms in total. The first kappa shape index (κ1) is 33.5. The number of nitrogens with zero attached hydrogens (tertiary/aromatic N) is 3. The number of para-hydroxylation sites is 2. The summed E-state index contributed by atoms with van der Waals surface area (Å²) >= 11 is 0. The van der Waals surface area contributed by atoms with Crippen molar-refractivity contribution in [1.29, 1.82) is 0 Å². The van der Waals surface area contributed by atoms with Crippen LogP contribution in [0.2, 0.25) is 18.6 Å². The van der Waals surface area contributed by atoms with E-state index in [1.807, 2.05) is 104 Å². The second kappa shape index (κ2) is 12.5. The summed E-state index contributed by atoms with van der Waals surface area (Å²) in [5.74, 6) is -1.25. The number of aliphatic hydroxyl groups excluding tert-OH is 1. The van der Waals surface area contributed by atoms with Gasteiger partial charge in [-0.2, -0.15) is 0 Å². The van der Waals surface area contributed by atoms with Crippen LogP contribution in [0.15, 0.2) is 97.1 Å². The zero-order chi connectivity index (χ0) is 35.7. The molecule has 4 heterocycles. The molecule has 1 spiro atoms. The van der Waals surface area contributed by atoms with Gasteiger partial charge in [0.15, 0.2) is 5.60 Å². The molecule has 10 heteroatoms. The Hall–Kier alpha value is -4.64. The molecular formula is C41H42FN3O5Si. The van der Waals surface area contributed by atoms with Gasteiger partial charge >= 0.3 is 0 Å². The standard InChI is InChI=1S/C41H42FN3O5Si/c1-26-39(51(2,3)42)36(23-38(48)43-24-29-13-8-7-12-28(29)21-32(43)25-46)50-41(26)33-22-31(44-34-16-10-9-11-27(34)17-20-37(44)47)18-19-35(33)45(40(41)49)30-14-5-4-6-15-30/h4-16,18-19,22,26,32,36,39,46H,17,20-21,23-25H2,1-3H3/t26-,32-,36+,39-,41+/m0/s1. The summed E-state index contributed by atoms with van der Waals surface area (Å²) in [6.07, 6.45) is 0.514. The van der Waals surface area contributed by atoms with Gasteiger partial charge in [-0.05, 0) is 79.0 Å². The van der Waals surface area contributed by atoms with Gasteiger partial charge in [0.2, 0.25) is 20.2 Å². The lowest BCUT2D eigenvalue weighted by Gasteiger charge is -2.37. The molecule has 0 bridgehead atoms. The second-order valence-corrected chi connectivity index (χ2v) is 18.6. The zero-order valence-corrected chi connectivity index (χ0v) is 30.1. The topological polar surface area (TPSA) is 90.4 Å². The molecule has 1 N–H and O–H groups in total. The number of carbonyl (C=O) groups excluding carboxylic acids is 3. The van der Waals surface area contributed by atoms with Gasteiger partial charge in [-0.25, -0.2) is 0 Å². The van der Waals surface area contributed by atoms with Crippen molar-refractivity contribution >= 4 is 48.9 Å². The number of amides is 3. The molecule has 51 heavy (non-hydrogen) atoms. The van der Waals surface area contributed by atoms with Gasteiger partial charge in [-0.15, -0.1) is 0 Å². The van der Waals surface area contributed by atoms with Crippen molar-refractivity contribution in [1.82, 2.24) is 4.90 Å². The highest BCUT2D eigenvalue weighted by atomic mass is 28.4. The average molecular weight is 704 g/mol. The number of benzene rings is 4. The number of carbonyl (C=O) groups is 3. The average Bonchev–Trinajstić information content (AvgIpc) is 3.56. The molecule has 4 aliphatic heterocycles. The van der Waals surface area contributed by atoms with Crippen LogP contribution in [0.5, 0.6) is 0 Å². The summed E-state index contributed by atoms with van der Waals surface area (Å²) in [6.45, 7) is 5.26. The Kier molecular flexibility index (Phi) is 8.24. The smallest absolute Gasteiger partial charge is 0.268 e. The molecule has 3 amide bonds. The minimum atomic E-state index is -3.58. The molecule has 0 aromatic heterocycles. The SMILES string of the molecule is C[C@H]1[C@H]([Si](C)(C)F)[C@@H](CC(=O)N2Cc3ccccc3C[C@H]2CO)O[C@]12C(=O)N(c1ccccc1)c1ccc(N3C(=O)CCc4ccccc43)cc12. The fraction of sp³-hybridized carbons (Fsp3) is 0.341. The van der Waals surface area contributed by atoms with Gasteiger partial charge < -0.3 is 18.9 Å². The van der Waals surface area contributed by atoms with Crippen LogP contribution >= 0.6 is 0 Å². The number of fused-ring (bicyclic) bond motifs is 4. The second-order valence-electron chi connectivity index (χ2n) is 14.8. The first-order chi connectivity index (χ1) is 24.5. The lowest BCUT2D eigenvalue weighted by Crippen LogP contribution is -2.48. The minimum absolute atomic E-state index is 0.0486. The fourth-order valence-corrected chi connectivity index (χ4v) is 11.7. The van der Waals surface area contributed by atoms with E-state index in [4.69, 9.17) is 4.74 Å². The van der Waals surface area contributed by atoms with E-state index in [0.29, 0.717) is 48.4 Å². The predicted molar refractivity (Wildman–Crippen MR) is 196 cm³/mol. The van der Waals surface area contributed by atoms with Crippen LogP contribution in [0.25, 0.3) is 0 Å². The maximum atomic E-state index is 16.7. The molecule has 0 aliphatic carbocycles. The quantitative estimate of drug-likeness (QED) is 0.171. The van der Waals surface area contributed by atoms with E-state index in [1.54, 1.807) is 27.8 Å². The van der Waals surface area contributed by atoms with E-state index in [9.17, 15) is 14.7 Å². The third-order valence-corrected chi connectivity index (χ3v) is 13.9. The number of aliphatic hydroxyl groups is 1. The van der Waals surface area contributed by atoms with Crippen molar-refractivity contribution in [3.8, 4) is 0 Å². The number of aryl methyl sites for hydroxylation is 1. The van der Waals surface area contributed by atoms with Crippen molar-refractivity contribution in [3.63, 3.8) is 0 Å². The molecular weight excluding hydrogens is 662 g/mol. The Morgan fingerprint density at radius 1 is 0.863 bits per heavy atom. The van der Waals surface area contributed by atoms with Crippen molar-refractivity contribution in [2.45, 2.75) is 75.5 Å². The Morgan fingerprint density at radius 2 is 1.55 bits per heavy atom. The van der Waals surface area contributed by atoms with E-state index in [1.165, 1.54) is 0 Å². The van der Waals surface area contributed by atoms with E-state index in [2.05, 4.69) is 0 Å². The molecule has 5 atom stereocenters. The number of halogens is 1. The van der Waals surface area contributed by atoms with Gasteiger partial charge in [0.25, 0.3) is 5.91 Å². The predicted octanol–water partition coefficient (Wildman–Crippen LogP) is 7.09. The lowest BCUT2D eigenvalue weighted by atomic mass is 9.82. The summed E-state index contributed by atoms with van der Waals surface area (Å²) in [7, 11) is -3.58. The van der Waals surface area contributed by atoms with Crippen LogP contribution < -0.4 is 9.80 Å². The Bertz CT molecular complexity index is 2040. The summed E-state index contributed by atoms with van der Waals surface area (Å²) in [4.78, 5) is 47.9. The Morgan fingerprint density at radius 3 is 2.27 bits per heavy atom. The highest BCUT2D eigenvalue weighted by molar-refractivity contribution is 6.72. The molecule has 1 saturated heterocycles. The number of ether oxygens (including phenoxy) is 1. The van der Waals surface area contributed by atoms with Crippen LogP contribution in [0.3, 0.4) is 0 Å². The molecule has 4 aromatic rings. The summed E-state index contributed by atoms with van der Waals surface area (Å²) in [5.41, 5.74) is 4.11. The molecule has 1 fully saturated rings. The first-order valence-corrected chi connectivity index (χ1v) is 20.8. The van der Waals surface area contributed by atoms with Gasteiger partial charge in [0, 0.05) is 41.4 Å². The Labute approximate surface area is 298 Å². The number of anilines is 4. The van der Waals surface area contributed by atoms with Gasteiger partial charge in [0.05, 0.1) is 36.5 Å². The van der Waals surface area contributed by atoms with E-state index in [0.717, 1.165) is 22.4 Å². The maximum absolute atomic E-state index is 16.7. The number of hydrogen-bond acceptors (Lipinski definition) is 5. The maximum Gasteiger partial charge on any atom is 0.268 e. The van der Waals surface area contributed by atoms with E-state index in [-0.39, 0.29) is 30.7 Å². The lowest BCUT2D eigenvalue weighted by molar-refractivity contribution is -0.150. The zero-order valence-electron chi connectivity index (χ0n) is 29.1. The van der Waals surface area contributed by atoms with Crippen LogP contribution in [0.4, 0.5) is 26.9 Å². The van der Waals surface area contributed by atoms with Crippen LogP contribution in [-0.4, -0.2) is 54.9 Å². The van der Waals surface area contributed by atoms with Gasteiger partial charge in [0.1, 0.15) is 0 Å². The summed E-state index contributed by atoms with van der Waals surface area (Å²) in [6, 6.07) is 30.2. The van der Waals surface area contributed by atoms with Crippen molar-refractivity contribution in [2.75, 3.05) is 16.4 Å². The Balaban J connectivity index is 1.23. The number of rotatable bonds is 6. The minimum Gasteiger partial charge on any atom is -0.394 e. The van der Waals surface area contributed by atoms with Gasteiger partial charge in [-0.3, -0.25) is 24.2 Å². The molecule has 4 aromatic carbocycles. The monoisotopic (exact) mass is 703 g/mol. The molecule has 0 unspecified atom stereocenters. The highest BCUT2D eigenvalue weighted by Crippen LogP contribution is 2.62. The number of hydrogen-bond donors (Lipinski definition) is 1. The van der Waals surface area contributed by atoms with Gasteiger partial charge in [-0.1, -0.05) is 67.6 Å². The first-order valence-electron chi connectivity index (χ1n) is 17.8. The largest absolute Gasteiger partial charge is 0.394 e. The fourth-order valence-electron chi connectivity index (χ4n) is 9.18. The molecule has 0 radical (unpaired) electrons. The summed E-state index contributed by atoms with van der Waals surface area (Å²) in [5, 5.41) is 10.3. The van der Waals surface area contributed by atoms with Crippen LogP contribution in [0.1, 0.15) is 42.0 Å². The van der Waals surface area contributed by atoms with Crippen molar-refractivity contribution in [3.05, 3.63) is 119 Å².